The van der Waals surface area contributed by atoms with Crippen LogP contribution in [-0.4, -0.2) is 195 Å². The number of nitrogens with two attached hydrogens (primary N) is 1. The molecule has 414 valence electrons. The molecule has 3 aliphatic rings. The quantitative estimate of drug-likeness (QED) is 0.0571. The zero-order valence-electron chi connectivity index (χ0n) is 42.1. The fourth-order valence-electron chi connectivity index (χ4n) is 9.47. The summed E-state index contributed by atoms with van der Waals surface area (Å²) in [5, 5.41) is 107. The number of hydrogen-bond acceptors (Lipinski definition) is 17. The van der Waals surface area contributed by atoms with Crippen molar-refractivity contribution in [2.24, 2.45) is 22.6 Å². The Balaban J connectivity index is 1.69. The van der Waals surface area contributed by atoms with Gasteiger partial charge in [-0.25, -0.2) is 4.99 Å². The van der Waals surface area contributed by atoms with Gasteiger partial charge in [-0.2, -0.15) is 0 Å². The number of nitrogens with one attached hydrogen (secondary N) is 4. The Hall–Kier alpha value is -5.67. The topological polar surface area (TPSA) is 412 Å². The molecule has 15 N–H and O–H groups in total. The summed E-state index contributed by atoms with van der Waals surface area (Å²) >= 11 is 0. The minimum absolute atomic E-state index is 0.0966. The van der Waals surface area contributed by atoms with E-state index in [1.54, 1.807) is 0 Å². The number of benzene rings is 1. The van der Waals surface area contributed by atoms with Gasteiger partial charge in [-0.1, -0.05) is 77.8 Å². The van der Waals surface area contributed by atoms with Crippen LogP contribution in [0.1, 0.15) is 122 Å². The predicted octanol–water partition coefficient (Wildman–Crippen LogP) is -3.25. The third kappa shape index (κ3) is 17.2. The maximum atomic E-state index is 14.3. The first-order valence-electron chi connectivity index (χ1n) is 25.4. The summed E-state index contributed by atoms with van der Waals surface area (Å²) in [4.78, 5) is 115. The number of rotatable bonds is 20. The molecule has 2 saturated heterocycles. The molecule has 1 aromatic rings. The Bertz CT molecular complexity index is 2130. The first-order chi connectivity index (χ1) is 35.0. The lowest BCUT2D eigenvalue weighted by molar-refractivity contribution is -0.149. The SMILES string of the molecule is CC[C@H](C)C[C@H](C)CCCCCCCCC(=O)N[C@H]1C[C@@H](O)[C@@H](O)NC(=O)[C@@H]2[C@@H](O)CCN2C(=O)[C@H]([C@H](O)CC(N)=O)NC(=O)[C@H]([C@H](O)[C@@H](O)c2ccc(O)cc2)NC(=O)[C@@H]2C[C@@H](O)CN2C(=O)C(CO)=NC1=O. The number of carbonyl (C=O) groups is 8. The summed E-state index contributed by atoms with van der Waals surface area (Å²) in [6.45, 7) is 4.34. The lowest BCUT2D eigenvalue weighted by atomic mass is 9.91. The number of hydrogen-bond donors (Lipinski definition) is 14. The highest BCUT2D eigenvalue weighted by Crippen LogP contribution is 2.26. The maximum Gasteiger partial charge on any atom is 0.271 e. The number of aromatic hydroxyl groups is 1. The van der Waals surface area contributed by atoms with Gasteiger partial charge in [-0.05, 0) is 48.8 Å². The van der Waals surface area contributed by atoms with Crippen molar-refractivity contribution in [2.45, 2.75) is 184 Å². The minimum atomic E-state index is -2.37. The normalized spacial score (nSPS) is 27.8. The van der Waals surface area contributed by atoms with Gasteiger partial charge in [0.05, 0.1) is 31.3 Å². The molecule has 25 nitrogen and oxygen atoms in total. The van der Waals surface area contributed by atoms with Crippen molar-refractivity contribution >= 4 is 53.0 Å². The second kappa shape index (κ2) is 28.9. The Morgan fingerprint density at radius 2 is 1.45 bits per heavy atom. The fraction of sp³-hybridized carbons (Fsp3) is 0.694. The van der Waals surface area contributed by atoms with Gasteiger partial charge in [0.25, 0.3) is 11.8 Å². The molecule has 0 saturated carbocycles. The lowest BCUT2D eigenvalue weighted by Gasteiger charge is -2.34. The Morgan fingerprint density at radius 1 is 0.811 bits per heavy atom. The van der Waals surface area contributed by atoms with Gasteiger partial charge in [0.2, 0.25) is 35.4 Å². The van der Waals surface area contributed by atoms with E-state index in [0.717, 1.165) is 62.8 Å². The molecule has 0 unspecified atom stereocenters. The van der Waals surface area contributed by atoms with Gasteiger partial charge in [0.15, 0.2) is 6.23 Å². The van der Waals surface area contributed by atoms with Crippen molar-refractivity contribution in [1.82, 2.24) is 31.1 Å². The van der Waals surface area contributed by atoms with Crippen LogP contribution < -0.4 is 27.0 Å². The third-order valence-corrected chi connectivity index (χ3v) is 13.9. The van der Waals surface area contributed by atoms with Crippen molar-refractivity contribution < 1.29 is 84.3 Å². The number of unbranched alkanes of at least 4 members (excludes halogenated alkanes) is 5. The Kier molecular flexibility index (Phi) is 23.7. The van der Waals surface area contributed by atoms with E-state index in [-0.39, 0.29) is 24.2 Å². The second-order valence-corrected chi connectivity index (χ2v) is 19.9. The molecule has 3 aliphatic heterocycles. The van der Waals surface area contributed by atoms with Crippen LogP contribution in [0.5, 0.6) is 5.75 Å². The molecule has 0 bridgehead atoms. The summed E-state index contributed by atoms with van der Waals surface area (Å²) in [5.41, 5.74) is 4.26. The van der Waals surface area contributed by atoms with E-state index in [9.17, 15) is 84.3 Å². The molecule has 14 atom stereocenters. The van der Waals surface area contributed by atoms with Gasteiger partial charge in [-0.3, -0.25) is 38.4 Å². The molecule has 0 radical (unpaired) electrons. The van der Waals surface area contributed by atoms with Crippen molar-refractivity contribution in [3.8, 4) is 5.75 Å². The molecule has 2 fully saturated rings. The summed E-state index contributed by atoms with van der Waals surface area (Å²) in [6.07, 6.45) is -8.63. The summed E-state index contributed by atoms with van der Waals surface area (Å²) < 4.78 is 0. The highest BCUT2D eigenvalue weighted by atomic mass is 16.3. The molecule has 25 heteroatoms. The monoisotopic (exact) mass is 1050 g/mol. The molecule has 0 spiro atoms. The van der Waals surface area contributed by atoms with E-state index in [1.807, 2.05) is 5.32 Å². The summed E-state index contributed by atoms with van der Waals surface area (Å²) in [5.74, 6) is -8.97. The number of nitrogens with zero attached hydrogens (tertiary/aromatic N) is 3. The number of carbonyl (C=O) groups excluding carboxylic acids is 8. The molecule has 3 heterocycles. The van der Waals surface area contributed by atoms with Gasteiger partial charge >= 0.3 is 0 Å². The average molecular weight is 1050 g/mol. The summed E-state index contributed by atoms with van der Waals surface area (Å²) in [6, 6.07) is -5.58. The summed E-state index contributed by atoms with van der Waals surface area (Å²) in [7, 11) is 0. The number of primary amides is 1. The zero-order valence-corrected chi connectivity index (χ0v) is 42.1. The van der Waals surface area contributed by atoms with E-state index >= 15 is 0 Å². The molecular formula is C49H76N8O17. The zero-order chi connectivity index (χ0) is 55.0. The first-order valence-corrected chi connectivity index (χ1v) is 25.4. The van der Waals surface area contributed by atoms with Crippen LogP contribution in [0.25, 0.3) is 0 Å². The van der Waals surface area contributed by atoms with E-state index in [0.29, 0.717) is 34.5 Å². The molecule has 1 aromatic carbocycles. The molecule has 0 aliphatic carbocycles. The Labute approximate surface area is 429 Å². The molecule has 74 heavy (non-hydrogen) atoms. The van der Waals surface area contributed by atoms with Gasteiger partial charge in [-0.15, -0.1) is 0 Å². The Morgan fingerprint density at radius 3 is 2.08 bits per heavy atom. The molecular weight excluding hydrogens is 973 g/mol. The molecule has 8 amide bonds. The fourth-order valence-corrected chi connectivity index (χ4v) is 9.47. The molecule has 4 rings (SSSR count). The van der Waals surface area contributed by atoms with E-state index < -0.39 is 165 Å². The van der Waals surface area contributed by atoms with Crippen LogP contribution in [-0.2, 0) is 38.4 Å². The number of phenols is 1. The van der Waals surface area contributed by atoms with Crippen LogP contribution in [0.3, 0.4) is 0 Å². The van der Waals surface area contributed by atoms with Crippen molar-refractivity contribution in [1.29, 1.82) is 0 Å². The van der Waals surface area contributed by atoms with Crippen LogP contribution in [0.4, 0.5) is 0 Å². The third-order valence-electron chi connectivity index (χ3n) is 13.9. The highest BCUT2D eigenvalue weighted by molar-refractivity contribution is 6.41. The van der Waals surface area contributed by atoms with Crippen molar-refractivity contribution in [2.75, 3.05) is 19.7 Å². The number of amides is 8. The smallest absolute Gasteiger partial charge is 0.271 e. The van der Waals surface area contributed by atoms with Crippen LogP contribution in [0, 0.1) is 11.8 Å². The van der Waals surface area contributed by atoms with E-state index in [2.05, 4.69) is 41.7 Å². The maximum absolute atomic E-state index is 14.3. The standard InChI is InChI=1S/C49H76N8O17/c1-4-25(2)19-26(3)11-9-7-5-6-8-10-12-37(65)51-30-21-35(63)45(70)55-47(72)40-33(61)17-18-56(40)49(74)38(34(62)22-36(50)64)53-46(71)39(42(67)41(66)27-13-15-28(59)16-14-27)54-44(69)32-20-29(60)23-57(32)48(73)31(24-58)52-43(30)68/h13-16,25-26,29-30,32-35,38-42,45,58-63,66-67,70H,4-12,17-24H2,1-3H3,(H2,50,64)(H,51,65)(H,53,71)(H,54,69)(H,55,72)/t25-,26+,29+,30-,32-,33-,34+,35+,38-,39-,40-,41-,42-,45+/m0/s1. The number of aliphatic imine (C=N–C) groups is 1. The number of fused-ring (bicyclic) bond motifs is 2. The van der Waals surface area contributed by atoms with Crippen molar-refractivity contribution in [3.05, 3.63) is 29.8 Å². The van der Waals surface area contributed by atoms with E-state index in [4.69, 9.17) is 5.73 Å². The number of phenolic OH excluding ortho intramolecular Hbond substituents is 1. The van der Waals surface area contributed by atoms with Gasteiger partial charge in [0, 0.05) is 32.4 Å². The van der Waals surface area contributed by atoms with Crippen molar-refractivity contribution in [3.63, 3.8) is 0 Å². The second-order valence-electron chi connectivity index (χ2n) is 19.9. The molecule has 0 aromatic heterocycles. The van der Waals surface area contributed by atoms with Gasteiger partial charge in [0.1, 0.15) is 60.0 Å². The van der Waals surface area contributed by atoms with Crippen LogP contribution in [0.2, 0.25) is 0 Å². The number of aliphatic hydroxyl groups excluding tert-OH is 8. The minimum Gasteiger partial charge on any atom is -0.508 e. The van der Waals surface area contributed by atoms with Crippen LogP contribution >= 0.6 is 0 Å². The largest absolute Gasteiger partial charge is 0.508 e. The first kappa shape index (κ1) is 60.9. The lowest BCUT2D eigenvalue weighted by Crippen LogP contribution is -2.64. The predicted molar refractivity (Wildman–Crippen MR) is 261 cm³/mol. The average Bonchev–Trinajstić information content (AvgIpc) is 3.95. The van der Waals surface area contributed by atoms with E-state index in [1.165, 1.54) is 6.42 Å². The number of aliphatic hydroxyl groups is 8. The van der Waals surface area contributed by atoms with Crippen LogP contribution in [0.15, 0.2) is 29.3 Å². The highest BCUT2D eigenvalue weighted by Gasteiger charge is 2.48. The van der Waals surface area contributed by atoms with Gasteiger partial charge < -0.3 is 82.8 Å².